The van der Waals surface area contributed by atoms with E-state index in [1.54, 1.807) is 7.05 Å². The Hall–Kier alpha value is -2.82. The van der Waals surface area contributed by atoms with Crippen molar-refractivity contribution in [3.05, 3.63) is 59.7 Å². The second-order valence-corrected chi connectivity index (χ2v) is 7.31. The topological polar surface area (TPSA) is 52.7 Å². The largest absolute Gasteiger partial charge is 0.359 e. The first-order chi connectivity index (χ1) is 12.9. The molecule has 3 rings (SSSR count). The lowest BCUT2D eigenvalue weighted by Gasteiger charge is -2.37. The van der Waals surface area contributed by atoms with Crippen molar-refractivity contribution >= 4 is 23.2 Å². The number of carbonyl (C=O) groups is 2. The van der Waals surface area contributed by atoms with Crippen LogP contribution in [0.2, 0.25) is 0 Å². The molecule has 1 aliphatic heterocycles. The average Bonchev–Trinajstić information content (AvgIpc) is 2.65. The van der Waals surface area contributed by atoms with Gasteiger partial charge in [-0.3, -0.25) is 9.59 Å². The summed E-state index contributed by atoms with van der Waals surface area (Å²) in [6, 6.07) is 16.2. The number of rotatable bonds is 5. The molecule has 0 aromatic heterocycles. The summed E-state index contributed by atoms with van der Waals surface area (Å²) in [6.45, 7) is 4.47. The molecular formula is C22H27N3O2. The maximum Gasteiger partial charge on any atom is 0.243 e. The van der Waals surface area contributed by atoms with E-state index in [-0.39, 0.29) is 24.9 Å². The van der Waals surface area contributed by atoms with E-state index in [2.05, 4.69) is 29.3 Å². The average molecular weight is 365 g/mol. The molecule has 0 saturated heterocycles. The summed E-state index contributed by atoms with van der Waals surface area (Å²) in [5, 5.41) is 2.84. The predicted molar refractivity (Wildman–Crippen MR) is 109 cm³/mol. The Morgan fingerprint density at radius 2 is 1.85 bits per heavy atom. The smallest absolute Gasteiger partial charge is 0.243 e. The van der Waals surface area contributed by atoms with Crippen LogP contribution in [0.4, 0.5) is 11.4 Å². The molecule has 0 bridgehead atoms. The summed E-state index contributed by atoms with van der Waals surface area (Å²) in [7, 11) is 1.68. The molecule has 2 amide bonds. The van der Waals surface area contributed by atoms with E-state index in [9.17, 15) is 9.59 Å². The minimum atomic E-state index is -0.193. The van der Waals surface area contributed by atoms with Crippen molar-refractivity contribution in [3.8, 4) is 0 Å². The number of aryl methyl sites for hydroxylation is 2. The zero-order valence-corrected chi connectivity index (χ0v) is 16.2. The fourth-order valence-corrected chi connectivity index (χ4v) is 3.41. The van der Waals surface area contributed by atoms with Crippen LogP contribution in [-0.4, -0.2) is 42.9 Å². The number of nitrogens with one attached hydrogen (secondary N) is 1. The van der Waals surface area contributed by atoms with Crippen molar-refractivity contribution in [2.45, 2.75) is 32.7 Å². The number of fused-ring (bicyclic) bond motifs is 1. The van der Waals surface area contributed by atoms with E-state index in [0.717, 1.165) is 29.8 Å². The van der Waals surface area contributed by atoms with Gasteiger partial charge >= 0.3 is 0 Å². The Morgan fingerprint density at radius 3 is 2.59 bits per heavy atom. The number of anilines is 2. The lowest BCUT2D eigenvalue weighted by Crippen LogP contribution is -2.46. The summed E-state index contributed by atoms with van der Waals surface area (Å²) in [4.78, 5) is 28.6. The van der Waals surface area contributed by atoms with Crippen LogP contribution < -0.4 is 10.2 Å². The standard InChI is InChI=1S/C22H27N3O2/c1-16-8-12-19(13-9-16)23-21(26)14-24(3)22(27)15-25-17(2)10-11-18-6-4-5-7-20(18)25/h4-9,12-13,17H,10-11,14-15H2,1-3H3,(H,23,26). The first kappa shape index (κ1) is 19.0. The highest BCUT2D eigenvalue weighted by molar-refractivity contribution is 5.95. The third-order valence-electron chi connectivity index (χ3n) is 5.11. The zero-order valence-electron chi connectivity index (χ0n) is 16.2. The Morgan fingerprint density at radius 1 is 1.15 bits per heavy atom. The van der Waals surface area contributed by atoms with Crippen molar-refractivity contribution < 1.29 is 9.59 Å². The summed E-state index contributed by atoms with van der Waals surface area (Å²) in [5.74, 6) is -0.251. The summed E-state index contributed by atoms with van der Waals surface area (Å²) >= 11 is 0. The molecule has 2 aromatic rings. The van der Waals surface area contributed by atoms with E-state index < -0.39 is 0 Å². The number of amides is 2. The third kappa shape index (κ3) is 4.67. The molecule has 2 aromatic carbocycles. The van der Waals surface area contributed by atoms with Crippen LogP contribution in [0.25, 0.3) is 0 Å². The Balaban J connectivity index is 1.59. The molecule has 1 N–H and O–H groups in total. The van der Waals surface area contributed by atoms with Gasteiger partial charge in [-0.2, -0.15) is 0 Å². The fraction of sp³-hybridized carbons (Fsp3) is 0.364. The highest BCUT2D eigenvalue weighted by Crippen LogP contribution is 2.30. The number of para-hydroxylation sites is 1. The Kier molecular flexibility index (Phi) is 5.79. The van der Waals surface area contributed by atoms with Crippen LogP contribution in [0.5, 0.6) is 0 Å². The third-order valence-corrected chi connectivity index (χ3v) is 5.11. The van der Waals surface area contributed by atoms with E-state index in [1.165, 1.54) is 10.5 Å². The monoisotopic (exact) mass is 365 g/mol. The van der Waals surface area contributed by atoms with E-state index in [0.29, 0.717) is 6.04 Å². The van der Waals surface area contributed by atoms with Crippen LogP contribution in [-0.2, 0) is 16.0 Å². The number of nitrogens with zero attached hydrogens (tertiary/aromatic N) is 2. The summed E-state index contributed by atoms with van der Waals surface area (Å²) < 4.78 is 0. The predicted octanol–water partition coefficient (Wildman–Crippen LogP) is 3.23. The van der Waals surface area contributed by atoms with Gasteiger partial charge in [0.2, 0.25) is 11.8 Å². The SMILES string of the molecule is Cc1ccc(NC(=O)CN(C)C(=O)CN2c3ccccc3CCC2C)cc1. The molecule has 5 nitrogen and oxygen atoms in total. The Bertz CT molecular complexity index is 817. The number of carbonyl (C=O) groups excluding carboxylic acids is 2. The molecule has 1 aliphatic rings. The molecule has 0 saturated carbocycles. The number of hydrogen-bond acceptors (Lipinski definition) is 3. The van der Waals surface area contributed by atoms with Crippen molar-refractivity contribution in [2.75, 3.05) is 30.4 Å². The minimum absolute atomic E-state index is 0.0383. The lowest BCUT2D eigenvalue weighted by atomic mass is 9.96. The molecule has 5 heteroatoms. The van der Waals surface area contributed by atoms with Crippen LogP contribution in [0.3, 0.4) is 0 Å². The Labute approximate surface area is 161 Å². The first-order valence-electron chi connectivity index (χ1n) is 9.39. The van der Waals surface area contributed by atoms with Crippen molar-refractivity contribution in [1.29, 1.82) is 0 Å². The minimum Gasteiger partial charge on any atom is -0.359 e. The van der Waals surface area contributed by atoms with Gasteiger partial charge in [0.15, 0.2) is 0 Å². The molecular weight excluding hydrogens is 338 g/mol. The summed E-state index contributed by atoms with van der Waals surface area (Å²) in [6.07, 6.45) is 2.07. The van der Waals surface area contributed by atoms with Crippen LogP contribution in [0, 0.1) is 6.92 Å². The van der Waals surface area contributed by atoms with Gasteiger partial charge in [-0.1, -0.05) is 35.9 Å². The highest BCUT2D eigenvalue weighted by atomic mass is 16.2. The van der Waals surface area contributed by atoms with Gasteiger partial charge < -0.3 is 15.1 Å². The number of hydrogen-bond donors (Lipinski definition) is 1. The normalized spacial score (nSPS) is 15.8. The number of benzene rings is 2. The van der Waals surface area contributed by atoms with Crippen LogP contribution in [0.15, 0.2) is 48.5 Å². The van der Waals surface area contributed by atoms with Gasteiger partial charge in [-0.05, 0) is 50.5 Å². The quantitative estimate of drug-likeness (QED) is 0.885. The van der Waals surface area contributed by atoms with Crippen LogP contribution in [0.1, 0.15) is 24.5 Å². The molecule has 0 fully saturated rings. The van der Waals surface area contributed by atoms with Gasteiger partial charge in [0.25, 0.3) is 0 Å². The molecule has 142 valence electrons. The maximum atomic E-state index is 12.7. The molecule has 27 heavy (non-hydrogen) atoms. The van der Waals surface area contributed by atoms with Crippen molar-refractivity contribution in [3.63, 3.8) is 0 Å². The molecule has 1 heterocycles. The molecule has 0 aliphatic carbocycles. The van der Waals surface area contributed by atoms with E-state index >= 15 is 0 Å². The van der Waals surface area contributed by atoms with Gasteiger partial charge in [-0.25, -0.2) is 0 Å². The van der Waals surface area contributed by atoms with Gasteiger partial charge in [-0.15, -0.1) is 0 Å². The van der Waals surface area contributed by atoms with Gasteiger partial charge in [0, 0.05) is 24.5 Å². The van der Waals surface area contributed by atoms with Crippen molar-refractivity contribution in [1.82, 2.24) is 4.90 Å². The maximum absolute atomic E-state index is 12.7. The van der Waals surface area contributed by atoms with Crippen molar-refractivity contribution in [2.24, 2.45) is 0 Å². The fourth-order valence-electron chi connectivity index (χ4n) is 3.41. The molecule has 1 unspecified atom stereocenters. The van der Waals surface area contributed by atoms with Gasteiger partial charge in [0.05, 0.1) is 13.1 Å². The number of likely N-dealkylation sites (N-methyl/N-ethyl adjacent to an activating group) is 1. The van der Waals surface area contributed by atoms with Gasteiger partial charge in [0.1, 0.15) is 0 Å². The molecule has 1 atom stereocenters. The summed E-state index contributed by atoms with van der Waals surface area (Å²) in [5.41, 5.74) is 4.28. The molecule has 0 radical (unpaired) electrons. The van der Waals surface area contributed by atoms with Crippen LogP contribution >= 0.6 is 0 Å². The first-order valence-corrected chi connectivity index (χ1v) is 9.39. The highest BCUT2D eigenvalue weighted by Gasteiger charge is 2.26. The molecule has 0 spiro atoms. The van der Waals surface area contributed by atoms with E-state index in [1.807, 2.05) is 43.3 Å². The lowest BCUT2D eigenvalue weighted by molar-refractivity contribution is -0.132. The zero-order chi connectivity index (χ0) is 19.4. The second kappa shape index (κ2) is 8.25. The van der Waals surface area contributed by atoms with E-state index in [4.69, 9.17) is 0 Å². The second-order valence-electron chi connectivity index (χ2n) is 7.31.